The molecule has 5 nitrogen and oxygen atoms in total. The largest absolute Gasteiger partial charge is 0.478 e. The fourth-order valence-corrected chi connectivity index (χ4v) is 1.14. The number of hydrogen-bond donors (Lipinski definition) is 4. The third kappa shape index (κ3) is 2.76. The molecule has 0 heterocycles. The van der Waals surface area contributed by atoms with E-state index in [2.05, 4.69) is 0 Å². The van der Waals surface area contributed by atoms with Gasteiger partial charge in [-0.05, 0) is 17.7 Å². The first-order valence-corrected chi connectivity index (χ1v) is 4.36. The standard InChI is InChI=1S/C10H12O5/c11-5-8(12)9(13)6-1-3-7(4-2-6)10(14)15/h1-4,8-9,11-13H,5H2,(H,14,15). The van der Waals surface area contributed by atoms with Gasteiger partial charge in [-0.1, -0.05) is 12.1 Å². The predicted molar refractivity (Wildman–Crippen MR) is 51.5 cm³/mol. The van der Waals surface area contributed by atoms with E-state index in [1.165, 1.54) is 24.3 Å². The molecule has 1 aromatic carbocycles. The molecule has 1 aromatic rings. The number of benzene rings is 1. The molecule has 4 N–H and O–H groups in total. The van der Waals surface area contributed by atoms with Gasteiger partial charge in [-0.15, -0.1) is 0 Å². The lowest BCUT2D eigenvalue weighted by atomic mass is 10.0. The van der Waals surface area contributed by atoms with Crippen LogP contribution in [0.25, 0.3) is 0 Å². The van der Waals surface area contributed by atoms with Crippen LogP contribution in [0.15, 0.2) is 24.3 Å². The topological polar surface area (TPSA) is 98.0 Å². The fourth-order valence-electron chi connectivity index (χ4n) is 1.14. The van der Waals surface area contributed by atoms with Crippen LogP contribution in [0.2, 0.25) is 0 Å². The van der Waals surface area contributed by atoms with Gasteiger partial charge in [0.1, 0.15) is 12.2 Å². The average Bonchev–Trinajstić information content (AvgIpc) is 2.27. The Balaban J connectivity index is 2.84. The highest BCUT2D eigenvalue weighted by molar-refractivity contribution is 5.87. The van der Waals surface area contributed by atoms with Crippen LogP contribution in [0.4, 0.5) is 0 Å². The molecule has 2 unspecified atom stereocenters. The van der Waals surface area contributed by atoms with E-state index in [0.29, 0.717) is 5.56 Å². The number of rotatable bonds is 4. The highest BCUT2D eigenvalue weighted by Crippen LogP contribution is 2.17. The molecule has 0 aromatic heterocycles. The molecule has 15 heavy (non-hydrogen) atoms. The normalized spacial score (nSPS) is 14.6. The molecule has 5 heteroatoms. The van der Waals surface area contributed by atoms with Gasteiger partial charge in [0.2, 0.25) is 0 Å². The zero-order valence-corrected chi connectivity index (χ0v) is 7.87. The van der Waals surface area contributed by atoms with Crippen molar-refractivity contribution in [1.82, 2.24) is 0 Å². The lowest BCUT2D eigenvalue weighted by Gasteiger charge is -2.15. The lowest BCUT2D eigenvalue weighted by molar-refractivity contribution is -0.0152. The molecule has 0 radical (unpaired) electrons. The third-order valence-corrected chi connectivity index (χ3v) is 2.05. The molecule has 0 bridgehead atoms. The van der Waals surface area contributed by atoms with Crippen LogP contribution in [0.3, 0.4) is 0 Å². The first-order chi connectivity index (χ1) is 7.06. The first kappa shape index (κ1) is 11.6. The minimum atomic E-state index is -1.26. The van der Waals surface area contributed by atoms with Crippen molar-refractivity contribution in [3.8, 4) is 0 Å². The number of aromatic carboxylic acids is 1. The summed E-state index contributed by atoms with van der Waals surface area (Å²) in [5.41, 5.74) is 0.464. The Morgan fingerprint density at radius 2 is 1.73 bits per heavy atom. The molecule has 0 amide bonds. The molecular weight excluding hydrogens is 200 g/mol. The number of carboxylic acids is 1. The minimum absolute atomic E-state index is 0.101. The van der Waals surface area contributed by atoms with Crippen molar-refractivity contribution in [2.24, 2.45) is 0 Å². The molecule has 0 saturated carbocycles. The van der Waals surface area contributed by atoms with Crippen LogP contribution in [-0.2, 0) is 0 Å². The van der Waals surface area contributed by atoms with Crippen LogP contribution >= 0.6 is 0 Å². The summed E-state index contributed by atoms with van der Waals surface area (Å²) < 4.78 is 0. The van der Waals surface area contributed by atoms with Crippen molar-refractivity contribution in [3.05, 3.63) is 35.4 Å². The second kappa shape index (κ2) is 4.88. The summed E-state index contributed by atoms with van der Waals surface area (Å²) in [6.07, 6.45) is -2.47. The van der Waals surface area contributed by atoms with Gasteiger partial charge in [0.05, 0.1) is 12.2 Å². The van der Waals surface area contributed by atoms with Crippen molar-refractivity contribution in [3.63, 3.8) is 0 Å². The van der Waals surface area contributed by atoms with Crippen molar-refractivity contribution < 1.29 is 25.2 Å². The van der Waals surface area contributed by atoms with Gasteiger partial charge in [0.15, 0.2) is 0 Å². The smallest absolute Gasteiger partial charge is 0.335 e. The Morgan fingerprint density at radius 3 is 2.13 bits per heavy atom. The van der Waals surface area contributed by atoms with E-state index in [4.69, 9.17) is 15.3 Å². The van der Waals surface area contributed by atoms with Crippen molar-refractivity contribution in [2.45, 2.75) is 12.2 Å². The average molecular weight is 212 g/mol. The number of aliphatic hydroxyl groups excluding tert-OH is 3. The van der Waals surface area contributed by atoms with Gasteiger partial charge in [0, 0.05) is 0 Å². The fraction of sp³-hybridized carbons (Fsp3) is 0.300. The summed E-state index contributed by atoms with van der Waals surface area (Å²) >= 11 is 0. The first-order valence-electron chi connectivity index (χ1n) is 4.36. The molecule has 0 fully saturated rings. The van der Waals surface area contributed by atoms with E-state index < -0.39 is 24.8 Å². The van der Waals surface area contributed by atoms with E-state index in [9.17, 15) is 9.90 Å². The third-order valence-electron chi connectivity index (χ3n) is 2.05. The Morgan fingerprint density at radius 1 is 1.20 bits per heavy atom. The summed E-state index contributed by atoms with van der Waals surface area (Å²) in [7, 11) is 0. The van der Waals surface area contributed by atoms with Gasteiger partial charge in [0.25, 0.3) is 0 Å². The SMILES string of the molecule is O=C(O)c1ccc(C(O)C(O)CO)cc1. The minimum Gasteiger partial charge on any atom is -0.478 e. The van der Waals surface area contributed by atoms with E-state index in [1.54, 1.807) is 0 Å². The molecule has 0 aliphatic heterocycles. The molecule has 1 rings (SSSR count). The number of hydrogen-bond acceptors (Lipinski definition) is 4. The van der Waals surface area contributed by atoms with Crippen LogP contribution in [-0.4, -0.2) is 39.1 Å². The van der Waals surface area contributed by atoms with Crippen LogP contribution in [0, 0.1) is 0 Å². The zero-order chi connectivity index (χ0) is 11.4. The van der Waals surface area contributed by atoms with E-state index in [1.807, 2.05) is 0 Å². The second-order valence-corrected chi connectivity index (χ2v) is 3.12. The van der Waals surface area contributed by atoms with Crippen molar-refractivity contribution in [2.75, 3.05) is 6.61 Å². The van der Waals surface area contributed by atoms with Crippen LogP contribution in [0.1, 0.15) is 22.0 Å². The van der Waals surface area contributed by atoms with Gasteiger partial charge >= 0.3 is 5.97 Å². The summed E-state index contributed by atoms with van der Waals surface area (Å²) in [5.74, 6) is -1.06. The Labute approximate surface area is 86.2 Å². The van der Waals surface area contributed by atoms with E-state index >= 15 is 0 Å². The lowest BCUT2D eigenvalue weighted by Crippen LogP contribution is -2.22. The molecule has 82 valence electrons. The molecule has 0 aliphatic carbocycles. The maximum atomic E-state index is 10.5. The quantitative estimate of drug-likeness (QED) is 0.552. The maximum Gasteiger partial charge on any atom is 0.335 e. The maximum absolute atomic E-state index is 10.5. The number of carbonyl (C=O) groups is 1. The molecule has 2 atom stereocenters. The zero-order valence-electron chi connectivity index (χ0n) is 7.87. The summed E-state index contributed by atoms with van der Waals surface area (Å²) in [5, 5.41) is 35.8. The van der Waals surface area contributed by atoms with Gasteiger partial charge < -0.3 is 20.4 Å². The van der Waals surface area contributed by atoms with Crippen LogP contribution < -0.4 is 0 Å². The predicted octanol–water partition coefficient (Wildman–Crippen LogP) is -0.229. The van der Waals surface area contributed by atoms with Gasteiger partial charge in [-0.3, -0.25) is 0 Å². The summed E-state index contributed by atoms with van der Waals surface area (Å²) in [6.45, 7) is -0.554. The highest BCUT2D eigenvalue weighted by atomic mass is 16.4. The Hall–Kier alpha value is -1.43. The Kier molecular flexibility index (Phi) is 3.79. The summed E-state index contributed by atoms with van der Waals surface area (Å²) in [6, 6.07) is 5.44. The van der Waals surface area contributed by atoms with Crippen LogP contribution in [0.5, 0.6) is 0 Å². The van der Waals surface area contributed by atoms with Crippen molar-refractivity contribution in [1.29, 1.82) is 0 Å². The van der Waals surface area contributed by atoms with Gasteiger partial charge in [-0.25, -0.2) is 4.79 Å². The summed E-state index contributed by atoms with van der Waals surface area (Å²) in [4.78, 5) is 10.5. The molecule has 0 spiro atoms. The van der Waals surface area contributed by atoms with E-state index in [-0.39, 0.29) is 5.56 Å². The number of aliphatic hydroxyl groups is 3. The van der Waals surface area contributed by atoms with Gasteiger partial charge in [-0.2, -0.15) is 0 Å². The number of carboxylic acid groups (broad SMARTS) is 1. The molecular formula is C10H12O5. The monoisotopic (exact) mass is 212 g/mol. The molecule has 0 aliphatic rings. The van der Waals surface area contributed by atoms with Crippen molar-refractivity contribution >= 4 is 5.97 Å². The second-order valence-electron chi connectivity index (χ2n) is 3.12. The Bertz CT molecular complexity index is 332. The van der Waals surface area contributed by atoms with E-state index in [0.717, 1.165) is 0 Å². The molecule has 0 saturated heterocycles. The highest BCUT2D eigenvalue weighted by Gasteiger charge is 2.17.